The van der Waals surface area contributed by atoms with Crippen molar-refractivity contribution >= 4 is 0 Å². The molecule has 0 aliphatic carbocycles. The van der Waals surface area contributed by atoms with Crippen LogP contribution in [-0.2, 0) is 18.9 Å². The molecule has 1 atom stereocenters. The van der Waals surface area contributed by atoms with Crippen LogP contribution < -0.4 is 5.32 Å². The molecule has 0 aliphatic heterocycles. The summed E-state index contributed by atoms with van der Waals surface area (Å²) >= 11 is 0. The lowest BCUT2D eigenvalue weighted by atomic mass is 10.4. The second-order valence-corrected chi connectivity index (χ2v) is 3.85. The molecule has 0 aromatic carbocycles. The molecule has 0 bridgehead atoms. The topological polar surface area (TPSA) is 49.0 Å². The molecular formula is C13H27NO4. The van der Waals surface area contributed by atoms with Crippen LogP contribution in [0, 0.1) is 0 Å². The van der Waals surface area contributed by atoms with Crippen LogP contribution in [0.4, 0.5) is 0 Å². The first-order valence-electron chi connectivity index (χ1n) is 6.39. The van der Waals surface area contributed by atoms with Crippen LogP contribution in [0.25, 0.3) is 0 Å². The first-order valence-corrected chi connectivity index (χ1v) is 6.39. The van der Waals surface area contributed by atoms with E-state index in [9.17, 15) is 0 Å². The summed E-state index contributed by atoms with van der Waals surface area (Å²) in [4.78, 5) is 0. The summed E-state index contributed by atoms with van der Waals surface area (Å²) in [5.74, 6) is 0. The molecule has 0 heterocycles. The van der Waals surface area contributed by atoms with Crippen molar-refractivity contribution in [2.45, 2.75) is 13.0 Å². The van der Waals surface area contributed by atoms with E-state index in [2.05, 4.69) is 11.9 Å². The molecule has 108 valence electrons. The van der Waals surface area contributed by atoms with E-state index >= 15 is 0 Å². The highest BCUT2D eigenvalue weighted by Gasteiger charge is 2.00. The van der Waals surface area contributed by atoms with Gasteiger partial charge in [0.25, 0.3) is 0 Å². The predicted octanol–water partition coefficient (Wildman–Crippen LogP) is 0.847. The molecule has 5 heteroatoms. The Labute approximate surface area is 110 Å². The Morgan fingerprint density at radius 1 is 1.06 bits per heavy atom. The van der Waals surface area contributed by atoms with Gasteiger partial charge >= 0.3 is 0 Å². The number of nitrogens with one attached hydrogen (secondary N) is 1. The molecule has 0 aromatic rings. The lowest BCUT2D eigenvalue weighted by Crippen LogP contribution is -2.28. The minimum Gasteiger partial charge on any atom is -0.382 e. The minimum atomic E-state index is 0.187. The SMILES string of the molecule is C=CCNCC(C)OCCOCCOCCOC. The van der Waals surface area contributed by atoms with E-state index in [1.807, 2.05) is 13.0 Å². The summed E-state index contributed by atoms with van der Waals surface area (Å²) in [6, 6.07) is 0. The fourth-order valence-corrected chi connectivity index (χ4v) is 1.22. The van der Waals surface area contributed by atoms with Gasteiger partial charge in [-0.05, 0) is 6.92 Å². The van der Waals surface area contributed by atoms with E-state index in [-0.39, 0.29) is 6.10 Å². The molecule has 18 heavy (non-hydrogen) atoms. The fraction of sp³-hybridized carbons (Fsp3) is 0.846. The quantitative estimate of drug-likeness (QED) is 0.371. The number of ether oxygens (including phenoxy) is 4. The zero-order valence-corrected chi connectivity index (χ0v) is 11.7. The molecule has 0 fully saturated rings. The van der Waals surface area contributed by atoms with Crippen molar-refractivity contribution in [3.8, 4) is 0 Å². The highest BCUT2D eigenvalue weighted by Crippen LogP contribution is 1.89. The molecule has 0 saturated carbocycles. The van der Waals surface area contributed by atoms with Crippen molar-refractivity contribution in [3.63, 3.8) is 0 Å². The molecule has 0 amide bonds. The largest absolute Gasteiger partial charge is 0.382 e. The maximum absolute atomic E-state index is 5.55. The smallest absolute Gasteiger partial charge is 0.0704 e. The first-order chi connectivity index (χ1) is 8.81. The van der Waals surface area contributed by atoms with Gasteiger partial charge < -0.3 is 24.3 Å². The zero-order valence-electron chi connectivity index (χ0n) is 11.7. The lowest BCUT2D eigenvalue weighted by Gasteiger charge is -2.13. The minimum absolute atomic E-state index is 0.187. The Hall–Kier alpha value is -0.460. The monoisotopic (exact) mass is 261 g/mol. The van der Waals surface area contributed by atoms with Gasteiger partial charge in [-0.3, -0.25) is 0 Å². The second-order valence-electron chi connectivity index (χ2n) is 3.85. The molecule has 1 N–H and O–H groups in total. The van der Waals surface area contributed by atoms with Crippen LogP contribution in [0.2, 0.25) is 0 Å². The van der Waals surface area contributed by atoms with Gasteiger partial charge in [-0.2, -0.15) is 0 Å². The van der Waals surface area contributed by atoms with Crippen molar-refractivity contribution in [1.29, 1.82) is 0 Å². The summed E-state index contributed by atoms with van der Waals surface area (Å²) in [7, 11) is 1.66. The van der Waals surface area contributed by atoms with Gasteiger partial charge in [0.1, 0.15) is 0 Å². The number of hydrogen-bond donors (Lipinski definition) is 1. The average Bonchev–Trinajstić information content (AvgIpc) is 2.37. The Bertz CT molecular complexity index is 178. The number of hydrogen-bond acceptors (Lipinski definition) is 5. The van der Waals surface area contributed by atoms with Gasteiger partial charge in [-0.1, -0.05) is 6.08 Å². The predicted molar refractivity (Wildman–Crippen MR) is 72.0 cm³/mol. The third kappa shape index (κ3) is 13.6. The third-order valence-corrected chi connectivity index (χ3v) is 2.15. The van der Waals surface area contributed by atoms with Gasteiger partial charge in [0.15, 0.2) is 0 Å². The Balaban J connectivity index is 3.07. The summed E-state index contributed by atoms with van der Waals surface area (Å²) in [5.41, 5.74) is 0. The maximum atomic E-state index is 5.55. The summed E-state index contributed by atoms with van der Waals surface area (Å²) in [6.45, 7) is 10.9. The zero-order chi connectivity index (χ0) is 13.5. The van der Waals surface area contributed by atoms with Crippen LogP contribution in [0.3, 0.4) is 0 Å². The highest BCUT2D eigenvalue weighted by molar-refractivity contribution is 4.70. The molecule has 5 nitrogen and oxygen atoms in total. The van der Waals surface area contributed by atoms with Gasteiger partial charge in [0, 0.05) is 20.2 Å². The molecular weight excluding hydrogens is 234 g/mol. The summed E-state index contributed by atoms with van der Waals surface area (Å²) in [5, 5.41) is 3.20. The van der Waals surface area contributed by atoms with Crippen LogP contribution >= 0.6 is 0 Å². The third-order valence-electron chi connectivity index (χ3n) is 2.15. The van der Waals surface area contributed by atoms with E-state index in [0.29, 0.717) is 39.6 Å². The molecule has 1 unspecified atom stereocenters. The van der Waals surface area contributed by atoms with Gasteiger partial charge in [0.05, 0.1) is 45.7 Å². The normalized spacial score (nSPS) is 12.6. The molecule has 0 spiro atoms. The first kappa shape index (κ1) is 17.5. The lowest BCUT2D eigenvalue weighted by molar-refractivity contribution is -0.0114. The van der Waals surface area contributed by atoms with Crippen LogP contribution in [0.15, 0.2) is 12.7 Å². The summed E-state index contributed by atoms with van der Waals surface area (Å²) < 4.78 is 21.0. The van der Waals surface area contributed by atoms with Crippen molar-refractivity contribution in [1.82, 2.24) is 5.32 Å². The van der Waals surface area contributed by atoms with E-state index < -0.39 is 0 Å². The van der Waals surface area contributed by atoms with Crippen LogP contribution in [0.5, 0.6) is 0 Å². The Morgan fingerprint density at radius 3 is 2.28 bits per heavy atom. The Kier molecular flexibility index (Phi) is 14.2. The molecule has 0 aliphatic rings. The molecule has 0 saturated heterocycles. The number of rotatable bonds is 14. The van der Waals surface area contributed by atoms with Crippen LogP contribution in [0.1, 0.15) is 6.92 Å². The maximum Gasteiger partial charge on any atom is 0.0704 e. The van der Waals surface area contributed by atoms with Crippen molar-refractivity contribution < 1.29 is 18.9 Å². The van der Waals surface area contributed by atoms with Crippen molar-refractivity contribution in [2.24, 2.45) is 0 Å². The fourth-order valence-electron chi connectivity index (χ4n) is 1.22. The molecule has 0 rings (SSSR count). The second kappa shape index (κ2) is 14.6. The van der Waals surface area contributed by atoms with Gasteiger partial charge in [-0.25, -0.2) is 0 Å². The standard InChI is InChI=1S/C13H27NO4/c1-4-5-14-12-13(2)18-11-10-17-9-8-16-7-6-15-3/h4,13-14H,1,5-12H2,2-3H3. The van der Waals surface area contributed by atoms with Crippen molar-refractivity contribution in [3.05, 3.63) is 12.7 Å². The van der Waals surface area contributed by atoms with E-state index in [1.165, 1.54) is 0 Å². The Morgan fingerprint density at radius 2 is 1.67 bits per heavy atom. The van der Waals surface area contributed by atoms with E-state index in [0.717, 1.165) is 13.1 Å². The van der Waals surface area contributed by atoms with E-state index in [1.54, 1.807) is 7.11 Å². The molecule has 0 radical (unpaired) electrons. The van der Waals surface area contributed by atoms with Crippen LogP contribution in [-0.4, -0.2) is 65.9 Å². The van der Waals surface area contributed by atoms with Crippen molar-refractivity contribution in [2.75, 3.05) is 59.8 Å². The van der Waals surface area contributed by atoms with E-state index in [4.69, 9.17) is 18.9 Å². The highest BCUT2D eigenvalue weighted by atomic mass is 16.6. The average molecular weight is 261 g/mol. The van der Waals surface area contributed by atoms with Gasteiger partial charge in [0.2, 0.25) is 0 Å². The summed E-state index contributed by atoms with van der Waals surface area (Å²) in [6.07, 6.45) is 2.02. The van der Waals surface area contributed by atoms with Gasteiger partial charge in [-0.15, -0.1) is 6.58 Å². The molecule has 0 aromatic heterocycles. The number of methoxy groups -OCH3 is 1.